The summed E-state index contributed by atoms with van der Waals surface area (Å²) in [6.45, 7) is 0.729. The number of nitrogens with one attached hydrogen (secondary N) is 1. The van der Waals surface area contributed by atoms with Crippen LogP contribution in [0.3, 0.4) is 0 Å². The Labute approximate surface area is 165 Å². The molecule has 0 spiro atoms. The van der Waals surface area contributed by atoms with Crippen molar-refractivity contribution in [3.05, 3.63) is 58.9 Å². The second-order valence-corrected chi connectivity index (χ2v) is 7.50. The first kappa shape index (κ1) is 19.6. The minimum atomic E-state index is -0.203. The standard InChI is InChI=1S/C21H26ClN3O2/c1-27-19-10-9-16(22)12-17(19)21(26)25-20(18-4-2-3-11-24-18)15-7-5-14(13-23)6-8-15/h2-4,9-12,14-15,20H,5-8,13,23H2,1H3,(H,25,26)/t14?,15?,20-/m1/s1. The van der Waals surface area contributed by atoms with Gasteiger partial charge >= 0.3 is 0 Å². The topological polar surface area (TPSA) is 77.2 Å². The van der Waals surface area contributed by atoms with Crippen molar-refractivity contribution in [1.29, 1.82) is 0 Å². The zero-order chi connectivity index (χ0) is 19.2. The number of hydrogen-bond acceptors (Lipinski definition) is 4. The van der Waals surface area contributed by atoms with E-state index in [9.17, 15) is 4.79 Å². The van der Waals surface area contributed by atoms with E-state index >= 15 is 0 Å². The van der Waals surface area contributed by atoms with Crippen molar-refractivity contribution in [3.63, 3.8) is 0 Å². The number of hydrogen-bond donors (Lipinski definition) is 2. The lowest BCUT2D eigenvalue weighted by atomic mass is 9.77. The summed E-state index contributed by atoms with van der Waals surface area (Å²) in [6, 6.07) is 10.7. The van der Waals surface area contributed by atoms with Crippen molar-refractivity contribution in [3.8, 4) is 5.75 Å². The number of carbonyl (C=O) groups is 1. The van der Waals surface area contributed by atoms with Crippen molar-refractivity contribution in [2.45, 2.75) is 31.7 Å². The molecule has 1 fully saturated rings. The fraction of sp³-hybridized carbons (Fsp3) is 0.429. The molecule has 0 bridgehead atoms. The molecule has 144 valence electrons. The van der Waals surface area contributed by atoms with Crippen LogP contribution in [0.4, 0.5) is 0 Å². The van der Waals surface area contributed by atoms with Gasteiger partial charge in [-0.05, 0) is 74.4 Å². The Balaban J connectivity index is 1.84. The van der Waals surface area contributed by atoms with E-state index < -0.39 is 0 Å². The maximum atomic E-state index is 13.0. The highest BCUT2D eigenvalue weighted by atomic mass is 35.5. The molecule has 1 aliphatic rings. The summed E-state index contributed by atoms with van der Waals surface area (Å²) < 4.78 is 5.33. The fourth-order valence-corrected chi connectivity index (χ4v) is 4.00. The summed E-state index contributed by atoms with van der Waals surface area (Å²) in [7, 11) is 1.55. The number of amides is 1. The Morgan fingerprint density at radius 3 is 2.70 bits per heavy atom. The Morgan fingerprint density at radius 1 is 1.30 bits per heavy atom. The van der Waals surface area contributed by atoms with E-state index in [-0.39, 0.29) is 11.9 Å². The smallest absolute Gasteiger partial charge is 0.255 e. The molecule has 3 rings (SSSR count). The number of benzene rings is 1. The lowest BCUT2D eigenvalue weighted by Crippen LogP contribution is -2.36. The molecule has 0 unspecified atom stereocenters. The van der Waals surface area contributed by atoms with Crippen molar-refractivity contribution in [2.24, 2.45) is 17.6 Å². The molecule has 3 N–H and O–H groups in total. The summed E-state index contributed by atoms with van der Waals surface area (Å²) in [4.78, 5) is 17.5. The Morgan fingerprint density at radius 2 is 2.07 bits per heavy atom. The highest BCUT2D eigenvalue weighted by Gasteiger charge is 2.31. The first-order valence-corrected chi connectivity index (χ1v) is 9.75. The van der Waals surface area contributed by atoms with Crippen LogP contribution in [0.15, 0.2) is 42.6 Å². The zero-order valence-electron chi connectivity index (χ0n) is 15.5. The number of methoxy groups -OCH3 is 1. The van der Waals surface area contributed by atoms with Crippen molar-refractivity contribution < 1.29 is 9.53 Å². The Bertz CT molecular complexity index is 761. The van der Waals surface area contributed by atoms with E-state index in [1.807, 2.05) is 18.2 Å². The average molecular weight is 388 g/mol. The van der Waals surface area contributed by atoms with E-state index in [0.29, 0.717) is 28.2 Å². The first-order chi connectivity index (χ1) is 13.1. The Kier molecular flexibility index (Phi) is 6.69. The van der Waals surface area contributed by atoms with E-state index in [4.69, 9.17) is 22.1 Å². The minimum Gasteiger partial charge on any atom is -0.496 e. The van der Waals surface area contributed by atoms with Crippen molar-refractivity contribution >= 4 is 17.5 Å². The summed E-state index contributed by atoms with van der Waals surface area (Å²) >= 11 is 6.09. The third kappa shape index (κ3) is 4.79. The molecule has 27 heavy (non-hydrogen) atoms. The SMILES string of the molecule is COc1ccc(Cl)cc1C(=O)N[C@@H](c1ccccn1)C1CCC(CN)CC1. The van der Waals surface area contributed by atoms with Gasteiger partial charge in [0.2, 0.25) is 0 Å². The van der Waals surface area contributed by atoms with Crippen LogP contribution in [0.25, 0.3) is 0 Å². The maximum absolute atomic E-state index is 13.0. The van der Waals surface area contributed by atoms with Gasteiger partial charge in [-0.3, -0.25) is 9.78 Å². The highest BCUT2D eigenvalue weighted by molar-refractivity contribution is 6.31. The summed E-state index contributed by atoms with van der Waals surface area (Å²) in [6.07, 6.45) is 5.98. The number of aromatic nitrogens is 1. The number of ether oxygens (including phenoxy) is 1. The monoisotopic (exact) mass is 387 g/mol. The summed E-state index contributed by atoms with van der Waals surface area (Å²) in [5.74, 6) is 1.21. The average Bonchev–Trinajstić information content (AvgIpc) is 2.72. The predicted octanol–water partition coefficient (Wildman–Crippen LogP) is 3.98. The number of nitrogens with two attached hydrogens (primary N) is 1. The second kappa shape index (κ2) is 9.20. The molecule has 1 aliphatic carbocycles. The van der Waals surface area contributed by atoms with Crippen LogP contribution in [-0.4, -0.2) is 24.5 Å². The van der Waals surface area contributed by atoms with Crippen LogP contribution >= 0.6 is 11.6 Å². The molecule has 1 aromatic carbocycles. The van der Waals surface area contributed by atoms with Crippen LogP contribution < -0.4 is 15.8 Å². The lowest BCUT2D eigenvalue weighted by molar-refractivity contribution is 0.0902. The minimum absolute atomic E-state index is 0.152. The van der Waals surface area contributed by atoms with Gasteiger partial charge in [0.15, 0.2) is 0 Å². The lowest BCUT2D eigenvalue weighted by Gasteiger charge is -2.33. The molecule has 0 aliphatic heterocycles. The van der Waals surface area contributed by atoms with Gasteiger partial charge in [0.25, 0.3) is 5.91 Å². The van der Waals surface area contributed by atoms with E-state index in [1.165, 1.54) is 0 Å². The molecular weight excluding hydrogens is 362 g/mol. The van der Waals surface area contributed by atoms with Crippen LogP contribution in [0, 0.1) is 11.8 Å². The predicted molar refractivity (Wildman–Crippen MR) is 107 cm³/mol. The van der Waals surface area contributed by atoms with E-state index in [1.54, 1.807) is 31.5 Å². The van der Waals surface area contributed by atoms with Gasteiger partial charge in [0, 0.05) is 11.2 Å². The van der Waals surface area contributed by atoms with Gasteiger partial charge in [-0.25, -0.2) is 0 Å². The zero-order valence-corrected chi connectivity index (χ0v) is 16.3. The Hall–Kier alpha value is -2.11. The number of pyridine rings is 1. The van der Waals surface area contributed by atoms with Gasteiger partial charge < -0.3 is 15.8 Å². The normalized spacial score (nSPS) is 20.7. The molecule has 1 aromatic heterocycles. The second-order valence-electron chi connectivity index (χ2n) is 7.07. The number of carbonyl (C=O) groups excluding carboxylic acids is 1. The van der Waals surface area contributed by atoms with Gasteiger partial charge in [-0.15, -0.1) is 0 Å². The third-order valence-corrected chi connectivity index (χ3v) is 5.63. The third-order valence-electron chi connectivity index (χ3n) is 5.40. The van der Waals surface area contributed by atoms with Crippen molar-refractivity contribution in [2.75, 3.05) is 13.7 Å². The van der Waals surface area contributed by atoms with Crippen molar-refractivity contribution in [1.82, 2.24) is 10.3 Å². The molecule has 5 nitrogen and oxygen atoms in total. The maximum Gasteiger partial charge on any atom is 0.255 e. The van der Waals surface area contributed by atoms with Crippen LogP contribution in [-0.2, 0) is 0 Å². The van der Waals surface area contributed by atoms with Crippen LogP contribution in [0.2, 0.25) is 5.02 Å². The molecule has 0 radical (unpaired) electrons. The molecule has 1 heterocycles. The van der Waals surface area contributed by atoms with E-state index in [2.05, 4.69) is 10.3 Å². The quantitative estimate of drug-likeness (QED) is 0.785. The molecule has 6 heteroatoms. The number of halogens is 1. The van der Waals surface area contributed by atoms with Gasteiger partial charge in [0.1, 0.15) is 5.75 Å². The molecule has 1 amide bonds. The highest BCUT2D eigenvalue weighted by Crippen LogP contribution is 2.36. The molecule has 0 saturated heterocycles. The molecule has 1 saturated carbocycles. The van der Waals surface area contributed by atoms with E-state index in [0.717, 1.165) is 37.9 Å². The van der Waals surface area contributed by atoms with Gasteiger partial charge in [-0.1, -0.05) is 17.7 Å². The van der Waals surface area contributed by atoms with Crippen LogP contribution in [0.1, 0.15) is 47.8 Å². The summed E-state index contributed by atoms with van der Waals surface area (Å²) in [5, 5.41) is 3.68. The van der Waals surface area contributed by atoms with Gasteiger partial charge in [-0.2, -0.15) is 0 Å². The summed E-state index contributed by atoms with van der Waals surface area (Å²) in [5.41, 5.74) is 7.14. The van der Waals surface area contributed by atoms with Gasteiger partial charge in [0.05, 0.1) is 24.4 Å². The fourth-order valence-electron chi connectivity index (χ4n) is 3.83. The first-order valence-electron chi connectivity index (χ1n) is 9.37. The number of nitrogens with zero attached hydrogens (tertiary/aromatic N) is 1. The molecule has 1 atom stereocenters. The molecule has 2 aromatic rings. The van der Waals surface area contributed by atoms with Crippen LogP contribution in [0.5, 0.6) is 5.75 Å². The molecular formula is C21H26ClN3O2. The largest absolute Gasteiger partial charge is 0.496 e. The number of rotatable bonds is 6.